The molecule has 2 aromatic rings. The average Bonchev–Trinajstić information content (AvgIpc) is 3.11. The molecular weight excluding hydrogens is 318 g/mol. The Labute approximate surface area is 140 Å². The largest absolute Gasteiger partial charge is 0.302 e. The standard InChI is InChI=1S/C17H22ClNS2/c1-11-5-6-13(10-12(11)2)19-17(14-4-3-9-20-14)15-7-8-16(18)21-15/h3-4,7-9,11-13,17,19H,5-6,10H2,1-2H3. The fourth-order valence-electron chi connectivity index (χ4n) is 3.18. The van der Waals surface area contributed by atoms with Crippen LogP contribution < -0.4 is 5.32 Å². The highest BCUT2D eigenvalue weighted by Crippen LogP contribution is 2.36. The van der Waals surface area contributed by atoms with Crippen molar-refractivity contribution in [3.8, 4) is 0 Å². The van der Waals surface area contributed by atoms with Crippen molar-refractivity contribution in [1.82, 2.24) is 5.32 Å². The van der Waals surface area contributed by atoms with E-state index in [0.29, 0.717) is 12.1 Å². The average molecular weight is 340 g/mol. The van der Waals surface area contributed by atoms with Gasteiger partial charge in [-0.3, -0.25) is 0 Å². The Morgan fingerprint density at radius 2 is 2.00 bits per heavy atom. The quantitative estimate of drug-likeness (QED) is 0.723. The van der Waals surface area contributed by atoms with Gasteiger partial charge in [0.15, 0.2) is 0 Å². The topological polar surface area (TPSA) is 12.0 Å². The van der Waals surface area contributed by atoms with Gasteiger partial charge in [0, 0.05) is 15.8 Å². The molecule has 4 unspecified atom stereocenters. The highest BCUT2D eigenvalue weighted by atomic mass is 35.5. The summed E-state index contributed by atoms with van der Waals surface area (Å²) in [5.74, 6) is 1.67. The summed E-state index contributed by atoms with van der Waals surface area (Å²) in [6, 6.07) is 9.45. The van der Waals surface area contributed by atoms with E-state index in [2.05, 4.69) is 42.7 Å². The first-order chi connectivity index (χ1) is 10.1. The first kappa shape index (κ1) is 15.5. The van der Waals surface area contributed by atoms with E-state index in [-0.39, 0.29) is 0 Å². The van der Waals surface area contributed by atoms with E-state index in [1.807, 2.05) is 17.4 Å². The summed E-state index contributed by atoms with van der Waals surface area (Å²) in [4.78, 5) is 2.72. The zero-order valence-electron chi connectivity index (χ0n) is 12.5. The van der Waals surface area contributed by atoms with Crippen molar-refractivity contribution in [3.63, 3.8) is 0 Å². The molecule has 2 aromatic heterocycles. The molecule has 2 heterocycles. The molecule has 114 valence electrons. The number of halogens is 1. The number of thiophene rings is 2. The maximum Gasteiger partial charge on any atom is 0.0931 e. The molecule has 1 saturated carbocycles. The zero-order valence-corrected chi connectivity index (χ0v) is 14.9. The van der Waals surface area contributed by atoms with Crippen LogP contribution in [0.4, 0.5) is 0 Å². The van der Waals surface area contributed by atoms with E-state index in [1.165, 1.54) is 29.0 Å². The van der Waals surface area contributed by atoms with Crippen molar-refractivity contribution in [1.29, 1.82) is 0 Å². The molecule has 1 aliphatic carbocycles. The maximum atomic E-state index is 6.15. The molecule has 0 aromatic carbocycles. The molecule has 4 atom stereocenters. The van der Waals surface area contributed by atoms with E-state index >= 15 is 0 Å². The third-order valence-electron chi connectivity index (χ3n) is 4.71. The van der Waals surface area contributed by atoms with Gasteiger partial charge in [0.2, 0.25) is 0 Å². The molecule has 1 fully saturated rings. The van der Waals surface area contributed by atoms with Gasteiger partial charge in [-0.05, 0) is 54.7 Å². The van der Waals surface area contributed by atoms with Gasteiger partial charge in [-0.2, -0.15) is 0 Å². The summed E-state index contributed by atoms with van der Waals surface area (Å²) in [6.07, 6.45) is 3.90. The van der Waals surface area contributed by atoms with Crippen molar-refractivity contribution in [2.24, 2.45) is 11.8 Å². The van der Waals surface area contributed by atoms with Gasteiger partial charge in [-0.1, -0.05) is 31.5 Å². The molecule has 0 aliphatic heterocycles. The van der Waals surface area contributed by atoms with Gasteiger partial charge >= 0.3 is 0 Å². The second-order valence-corrected chi connectivity index (χ2v) is 8.95. The first-order valence-electron chi connectivity index (χ1n) is 7.68. The van der Waals surface area contributed by atoms with Crippen LogP contribution in [0.15, 0.2) is 29.6 Å². The molecule has 0 spiro atoms. The van der Waals surface area contributed by atoms with Crippen LogP contribution >= 0.6 is 34.3 Å². The lowest BCUT2D eigenvalue weighted by molar-refractivity contribution is 0.220. The highest BCUT2D eigenvalue weighted by Gasteiger charge is 2.28. The fraction of sp³-hybridized carbons (Fsp3) is 0.529. The highest BCUT2D eigenvalue weighted by molar-refractivity contribution is 7.16. The van der Waals surface area contributed by atoms with Gasteiger partial charge in [0.1, 0.15) is 0 Å². The van der Waals surface area contributed by atoms with E-state index in [1.54, 1.807) is 11.3 Å². The molecule has 1 aliphatic rings. The molecule has 0 saturated heterocycles. The van der Waals surface area contributed by atoms with Crippen LogP contribution in [0.2, 0.25) is 4.34 Å². The van der Waals surface area contributed by atoms with Crippen molar-refractivity contribution in [3.05, 3.63) is 43.7 Å². The Kier molecular flexibility index (Phi) is 5.05. The number of nitrogens with one attached hydrogen (secondary N) is 1. The molecule has 0 amide bonds. The molecule has 3 rings (SSSR count). The molecule has 0 bridgehead atoms. The summed E-state index contributed by atoms with van der Waals surface area (Å²) < 4.78 is 0.874. The van der Waals surface area contributed by atoms with Crippen LogP contribution in [0.3, 0.4) is 0 Å². The number of hydrogen-bond donors (Lipinski definition) is 1. The van der Waals surface area contributed by atoms with Gasteiger partial charge in [-0.15, -0.1) is 22.7 Å². The van der Waals surface area contributed by atoms with Gasteiger partial charge in [-0.25, -0.2) is 0 Å². The van der Waals surface area contributed by atoms with Crippen molar-refractivity contribution in [2.75, 3.05) is 0 Å². The minimum Gasteiger partial charge on any atom is -0.302 e. The van der Waals surface area contributed by atoms with Crippen molar-refractivity contribution >= 4 is 34.3 Å². The summed E-state index contributed by atoms with van der Waals surface area (Å²) in [6.45, 7) is 4.78. The Morgan fingerprint density at radius 3 is 2.62 bits per heavy atom. The summed E-state index contributed by atoms with van der Waals surface area (Å²) >= 11 is 9.66. The maximum absolute atomic E-state index is 6.15. The minimum atomic E-state index is 0.299. The predicted molar refractivity (Wildman–Crippen MR) is 94.6 cm³/mol. The summed E-state index contributed by atoms with van der Waals surface area (Å²) in [5.41, 5.74) is 0. The lowest BCUT2D eigenvalue weighted by Gasteiger charge is -2.34. The molecule has 0 radical (unpaired) electrons. The molecule has 1 N–H and O–H groups in total. The van der Waals surface area contributed by atoms with E-state index in [9.17, 15) is 0 Å². The van der Waals surface area contributed by atoms with E-state index in [0.717, 1.165) is 16.2 Å². The number of hydrogen-bond acceptors (Lipinski definition) is 3. The molecule has 4 heteroatoms. The lowest BCUT2D eigenvalue weighted by Crippen LogP contribution is -2.38. The summed E-state index contributed by atoms with van der Waals surface area (Å²) in [7, 11) is 0. The van der Waals surface area contributed by atoms with E-state index in [4.69, 9.17) is 11.6 Å². The predicted octanol–water partition coefficient (Wildman–Crippen LogP) is 5.97. The van der Waals surface area contributed by atoms with Crippen molar-refractivity contribution in [2.45, 2.75) is 45.2 Å². The first-order valence-corrected chi connectivity index (χ1v) is 9.75. The third-order valence-corrected chi connectivity index (χ3v) is 6.94. The van der Waals surface area contributed by atoms with Crippen molar-refractivity contribution < 1.29 is 0 Å². The van der Waals surface area contributed by atoms with Crippen LogP contribution in [0, 0.1) is 11.8 Å². The van der Waals surface area contributed by atoms with Crippen LogP contribution in [-0.2, 0) is 0 Å². The molecule has 21 heavy (non-hydrogen) atoms. The Balaban J connectivity index is 1.77. The molecular formula is C17H22ClNS2. The fourth-order valence-corrected chi connectivity index (χ4v) is 5.20. The monoisotopic (exact) mass is 339 g/mol. The SMILES string of the molecule is CC1CCC(NC(c2cccs2)c2ccc(Cl)s2)CC1C. The number of rotatable bonds is 4. The molecule has 1 nitrogen and oxygen atoms in total. The lowest BCUT2D eigenvalue weighted by atomic mass is 9.79. The normalized spacial score (nSPS) is 27.7. The Morgan fingerprint density at radius 1 is 1.14 bits per heavy atom. The third kappa shape index (κ3) is 3.70. The minimum absolute atomic E-state index is 0.299. The van der Waals surface area contributed by atoms with Crippen LogP contribution in [0.1, 0.15) is 48.9 Å². The van der Waals surface area contributed by atoms with Crippen LogP contribution in [0.5, 0.6) is 0 Å². The second kappa shape index (κ2) is 6.82. The summed E-state index contributed by atoms with van der Waals surface area (Å²) in [5, 5.41) is 6.06. The Bertz CT molecular complexity index is 563. The Hall–Kier alpha value is -0.350. The van der Waals surface area contributed by atoms with Crippen LogP contribution in [-0.4, -0.2) is 6.04 Å². The second-order valence-electron chi connectivity index (χ2n) is 6.22. The zero-order chi connectivity index (χ0) is 14.8. The van der Waals surface area contributed by atoms with Gasteiger partial charge in [0.05, 0.1) is 10.4 Å². The van der Waals surface area contributed by atoms with Gasteiger partial charge < -0.3 is 5.32 Å². The van der Waals surface area contributed by atoms with E-state index < -0.39 is 0 Å². The van der Waals surface area contributed by atoms with Gasteiger partial charge in [0.25, 0.3) is 0 Å². The van der Waals surface area contributed by atoms with Crippen LogP contribution in [0.25, 0.3) is 0 Å². The smallest absolute Gasteiger partial charge is 0.0931 e.